The van der Waals surface area contributed by atoms with Gasteiger partial charge in [-0.3, -0.25) is 0 Å². The summed E-state index contributed by atoms with van der Waals surface area (Å²) in [5.74, 6) is 2.23. The van der Waals surface area contributed by atoms with Gasteiger partial charge >= 0.3 is 0 Å². The molecule has 0 aliphatic carbocycles. The van der Waals surface area contributed by atoms with Crippen LogP contribution in [0.1, 0.15) is 36.8 Å². The molecule has 2 aromatic rings. The van der Waals surface area contributed by atoms with Gasteiger partial charge in [0, 0.05) is 49.5 Å². The maximum absolute atomic E-state index is 9.00. The Kier molecular flexibility index (Phi) is 5.10. The molecule has 1 aliphatic rings. The Hall–Kier alpha value is -2.32. The van der Waals surface area contributed by atoms with Gasteiger partial charge in [0.05, 0.1) is 10.6 Å². The maximum atomic E-state index is 9.00. The van der Waals surface area contributed by atoms with Crippen molar-refractivity contribution in [3.63, 3.8) is 0 Å². The molecular weight excluding hydrogens is 334 g/mol. The first-order valence-electron chi connectivity index (χ1n) is 8.53. The van der Waals surface area contributed by atoms with Crippen molar-refractivity contribution in [2.24, 2.45) is 0 Å². The van der Waals surface area contributed by atoms with Crippen LogP contribution in [0.25, 0.3) is 0 Å². The summed E-state index contributed by atoms with van der Waals surface area (Å²) in [4.78, 5) is 13.9. The summed E-state index contributed by atoms with van der Waals surface area (Å²) in [5.41, 5.74) is 2.59. The fourth-order valence-corrected chi connectivity index (χ4v) is 3.20. The van der Waals surface area contributed by atoms with Crippen LogP contribution in [0.5, 0.6) is 0 Å². The molecule has 0 radical (unpaired) electrons. The van der Waals surface area contributed by atoms with Crippen LogP contribution in [0.4, 0.5) is 11.5 Å². The molecule has 1 aromatic heterocycles. The van der Waals surface area contributed by atoms with Crippen molar-refractivity contribution in [2.45, 2.75) is 26.7 Å². The van der Waals surface area contributed by atoms with E-state index in [1.165, 1.54) is 0 Å². The van der Waals surface area contributed by atoms with Crippen LogP contribution in [0.2, 0.25) is 5.02 Å². The molecule has 0 unspecified atom stereocenters. The molecule has 1 fully saturated rings. The molecule has 2 heterocycles. The topological polar surface area (TPSA) is 56.0 Å². The first-order valence-corrected chi connectivity index (χ1v) is 8.91. The zero-order valence-electron chi connectivity index (χ0n) is 14.8. The lowest BCUT2D eigenvalue weighted by Gasteiger charge is -2.37. The first-order chi connectivity index (χ1) is 12.0. The van der Waals surface area contributed by atoms with E-state index in [1.54, 1.807) is 6.07 Å². The van der Waals surface area contributed by atoms with Crippen molar-refractivity contribution < 1.29 is 0 Å². The van der Waals surface area contributed by atoms with Gasteiger partial charge in [0.25, 0.3) is 0 Å². The summed E-state index contributed by atoms with van der Waals surface area (Å²) < 4.78 is 0. The molecule has 1 saturated heterocycles. The van der Waals surface area contributed by atoms with Gasteiger partial charge in [-0.2, -0.15) is 5.26 Å². The smallest absolute Gasteiger partial charge is 0.133 e. The first kappa shape index (κ1) is 17.5. The van der Waals surface area contributed by atoms with Crippen LogP contribution in [0.3, 0.4) is 0 Å². The van der Waals surface area contributed by atoms with Gasteiger partial charge in [-0.05, 0) is 25.1 Å². The lowest BCUT2D eigenvalue weighted by molar-refractivity contribution is 0.641. The van der Waals surface area contributed by atoms with E-state index in [2.05, 4.69) is 40.8 Å². The number of anilines is 2. The molecule has 0 amide bonds. The summed E-state index contributed by atoms with van der Waals surface area (Å²) in [6.45, 7) is 9.82. The predicted molar refractivity (Wildman–Crippen MR) is 101 cm³/mol. The van der Waals surface area contributed by atoms with E-state index in [9.17, 15) is 0 Å². The summed E-state index contributed by atoms with van der Waals surface area (Å²) in [7, 11) is 0. The third kappa shape index (κ3) is 3.85. The molecule has 0 bridgehead atoms. The Morgan fingerprint density at radius 2 is 1.76 bits per heavy atom. The maximum Gasteiger partial charge on any atom is 0.133 e. The average molecular weight is 356 g/mol. The molecule has 3 rings (SSSR count). The molecule has 5 nitrogen and oxygen atoms in total. The second kappa shape index (κ2) is 7.28. The molecule has 130 valence electrons. The third-order valence-corrected chi connectivity index (χ3v) is 4.73. The van der Waals surface area contributed by atoms with Gasteiger partial charge in [0.2, 0.25) is 0 Å². The quantitative estimate of drug-likeness (QED) is 0.839. The van der Waals surface area contributed by atoms with Gasteiger partial charge in [0.1, 0.15) is 17.7 Å². The molecule has 6 heteroatoms. The molecule has 0 N–H and O–H groups in total. The Bertz CT molecular complexity index is 804. The number of nitriles is 1. The number of aromatic nitrogens is 2. The van der Waals surface area contributed by atoms with Crippen LogP contribution in [0, 0.1) is 18.3 Å². The third-order valence-electron chi connectivity index (χ3n) is 4.42. The van der Waals surface area contributed by atoms with Crippen molar-refractivity contribution in [2.75, 3.05) is 36.0 Å². The van der Waals surface area contributed by atoms with Gasteiger partial charge < -0.3 is 9.80 Å². The number of benzene rings is 1. The lowest BCUT2D eigenvalue weighted by atomic mass is 10.2. The average Bonchev–Trinajstić information content (AvgIpc) is 2.61. The summed E-state index contributed by atoms with van der Waals surface area (Å²) in [6.07, 6.45) is 0. The van der Waals surface area contributed by atoms with Crippen LogP contribution in [-0.4, -0.2) is 36.1 Å². The molecular formula is C19H22ClN5. The number of halogens is 1. The number of aryl methyl sites for hydroxylation is 1. The molecule has 1 aromatic carbocycles. The number of hydrogen-bond acceptors (Lipinski definition) is 5. The minimum absolute atomic E-state index is 0.320. The highest BCUT2D eigenvalue weighted by Crippen LogP contribution is 2.25. The number of rotatable bonds is 3. The van der Waals surface area contributed by atoms with Crippen molar-refractivity contribution >= 4 is 23.1 Å². The van der Waals surface area contributed by atoms with Crippen molar-refractivity contribution in [1.82, 2.24) is 9.97 Å². The highest BCUT2D eigenvalue weighted by molar-refractivity contribution is 6.32. The zero-order chi connectivity index (χ0) is 18.0. The standard InChI is InChI=1S/C19H22ClN5/c1-13(2)19-22-14(3)10-18(23-19)25-8-6-24(7-9-25)16-5-4-15(12-21)17(20)11-16/h4-5,10-11,13H,6-9H2,1-3H3. The normalized spacial score (nSPS) is 14.7. The fraction of sp³-hybridized carbons (Fsp3) is 0.421. The van der Waals surface area contributed by atoms with E-state index in [4.69, 9.17) is 21.8 Å². The van der Waals surface area contributed by atoms with Crippen LogP contribution < -0.4 is 9.80 Å². The highest BCUT2D eigenvalue weighted by Gasteiger charge is 2.20. The van der Waals surface area contributed by atoms with Crippen LogP contribution >= 0.6 is 11.6 Å². The molecule has 0 saturated carbocycles. The van der Waals surface area contributed by atoms with Crippen molar-refractivity contribution in [3.8, 4) is 6.07 Å². The number of nitrogens with zero attached hydrogens (tertiary/aromatic N) is 5. The number of hydrogen-bond donors (Lipinski definition) is 0. The van der Waals surface area contributed by atoms with Crippen LogP contribution in [0.15, 0.2) is 24.3 Å². The molecule has 1 aliphatic heterocycles. The van der Waals surface area contributed by atoms with Gasteiger partial charge in [0.15, 0.2) is 0 Å². The highest BCUT2D eigenvalue weighted by atomic mass is 35.5. The monoisotopic (exact) mass is 355 g/mol. The fourth-order valence-electron chi connectivity index (χ4n) is 2.98. The zero-order valence-corrected chi connectivity index (χ0v) is 15.6. The van der Waals surface area contributed by atoms with E-state index in [-0.39, 0.29) is 0 Å². The van der Waals surface area contributed by atoms with E-state index in [0.717, 1.165) is 49.2 Å². The summed E-state index contributed by atoms with van der Waals surface area (Å²) >= 11 is 6.16. The Morgan fingerprint density at radius 1 is 1.08 bits per heavy atom. The van der Waals surface area contributed by atoms with Gasteiger partial charge in [-0.15, -0.1) is 0 Å². The minimum Gasteiger partial charge on any atom is -0.368 e. The van der Waals surface area contributed by atoms with E-state index in [1.807, 2.05) is 19.1 Å². The Labute approximate surface area is 153 Å². The molecule has 25 heavy (non-hydrogen) atoms. The number of piperazine rings is 1. The summed E-state index contributed by atoms with van der Waals surface area (Å²) in [5, 5.41) is 9.51. The lowest BCUT2D eigenvalue weighted by Crippen LogP contribution is -2.47. The minimum atomic E-state index is 0.320. The van der Waals surface area contributed by atoms with Crippen molar-refractivity contribution in [3.05, 3.63) is 46.4 Å². The SMILES string of the molecule is Cc1cc(N2CCN(c3ccc(C#N)c(Cl)c3)CC2)nc(C(C)C)n1. The van der Waals surface area contributed by atoms with Crippen molar-refractivity contribution in [1.29, 1.82) is 5.26 Å². The summed E-state index contributed by atoms with van der Waals surface area (Å²) in [6, 6.07) is 9.78. The predicted octanol–water partition coefficient (Wildman–Crippen LogP) is 3.76. The Morgan fingerprint density at radius 3 is 2.36 bits per heavy atom. The van der Waals surface area contributed by atoms with E-state index in [0.29, 0.717) is 16.5 Å². The van der Waals surface area contributed by atoms with E-state index >= 15 is 0 Å². The van der Waals surface area contributed by atoms with Gasteiger partial charge in [-0.1, -0.05) is 25.4 Å². The van der Waals surface area contributed by atoms with Crippen LogP contribution in [-0.2, 0) is 0 Å². The second-order valence-corrected chi connectivity index (χ2v) is 7.04. The van der Waals surface area contributed by atoms with E-state index < -0.39 is 0 Å². The molecule has 0 spiro atoms. The van der Waals surface area contributed by atoms with Gasteiger partial charge in [-0.25, -0.2) is 9.97 Å². The Balaban J connectivity index is 1.72. The molecule has 0 atom stereocenters. The largest absolute Gasteiger partial charge is 0.368 e. The second-order valence-electron chi connectivity index (χ2n) is 6.63.